The van der Waals surface area contributed by atoms with Crippen molar-refractivity contribution in [3.63, 3.8) is 0 Å². The first-order valence-corrected chi connectivity index (χ1v) is 6.64. The molecule has 86 valence electrons. The predicted molar refractivity (Wildman–Crippen MR) is 72.7 cm³/mol. The van der Waals surface area contributed by atoms with Crippen molar-refractivity contribution < 1.29 is 0 Å². The first-order chi connectivity index (χ1) is 7.79. The molecule has 0 unspecified atom stereocenters. The van der Waals surface area contributed by atoms with Crippen molar-refractivity contribution in [2.75, 3.05) is 6.26 Å². The van der Waals surface area contributed by atoms with Crippen LogP contribution in [0.3, 0.4) is 0 Å². The number of hydrogen-bond donors (Lipinski definition) is 0. The molecule has 0 N–H and O–H groups in total. The molecular weight excluding hydrogens is 216 g/mol. The summed E-state index contributed by atoms with van der Waals surface area (Å²) in [6.07, 6.45) is 5.94. The summed E-state index contributed by atoms with van der Waals surface area (Å²) in [5.41, 5.74) is 3.67. The van der Waals surface area contributed by atoms with E-state index in [0.717, 1.165) is 0 Å². The summed E-state index contributed by atoms with van der Waals surface area (Å²) < 4.78 is 1.86. The average molecular weight is 234 g/mol. The van der Waals surface area contributed by atoms with Gasteiger partial charge in [-0.15, -0.1) is 0 Å². The highest BCUT2D eigenvalue weighted by molar-refractivity contribution is 7.97. The van der Waals surface area contributed by atoms with Crippen molar-refractivity contribution in [3.05, 3.63) is 42.2 Å². The van der Waals surface area contributed by atoms with E-state index in [4.69, 9.17) is 0 Å². The molecule has 0 fully saturated rings. The molecule has 2 nitrogen and oxygen atoms in total. The van der Waals surface area contributed by atoms with E-state index in [1.165, 1.54) is 16.7 Å². The molecule has 2 rings (SSSR count). The molecule has 1 aromatic carbocycles. The first kappa shape index (κ1) is 12.8. The van der Waals surface area contributed by atoms with Gasteiger partial charge in [-0.1, -0.05) is 43.7 Å². The minimum absolute atomic E-state index is 1.17. The number of aryl methyl sites for hydroxylation is 1. The summed E-state index contributed by atoms with van der Waals surface area (Å²) in [4.78, 5) is 0. The topological polar surface area (TPSA) is 17.8 Å². The van der Waals surface area contributed by atoms with E-state index in [0.29, 0.717) is 0 Å². The van der Waals surface area contributed by atoms with Gasteiger partial charge in [-0.05, 0) is 24.4 Å². The summed E-state index contributed by atoms with van der Waals surface area (Å²) in [7, 11) is 0. The highest BCUT2D eigenvalue weighted by Crippen LogP contribution is 2.20. The minimum Gasteiger partial charge on any atom is -0.214 e. The molecule has 0 aliphatic carbocycles. The monoisotopic (exact) mass is 234 g/mol. The average Bonchev–Trinajstić information content (AvgIpc) is 2.80. The van der Waals surface area contributed by atoms with Gasteiger partial charge in [-0.3, -0.25) is 0 Å². The van der Waals surface area contributed by atoms with Gasteiger partial charge in [-0.2, -0.15) is 5.10 Å². The first-order valence-electron chi connectivity index (χ1n) is 5.46. The molecule has 0 aliphatic heterocycles. The summed E-state index contributed by atoms with van der Waals surface area (Å²) in [5, 5.41) is 4.22. The van der Waals surface area contributed by atoms with E-state index >= 15 is 0 Å². The highest BCUT2D eigenvalue weighted by Gasteiger charge is 2.00. The molecule has 0 amide bonds. The van der Waals surface area contributed by atoms with Crippen LogP contribution in [0.1, 0.15) is 19.4 Å². The molecule has 0 atom stereocenters. The lowest BCUT2D eigenvalue weighted by molar-refractivity contribution is 1.01. The molecule has 0 radical (unpaired) electrons. The van der Waals surface area contributed by atoms with Crippen LogP contribution in [0.4, 0.5) is 0 Å². The van der Waals surface area contributed by atoms with Crippen LogP contribution in [0.25, 0.3) is 11.1 Å². The van der Waals surface area contributed by atoms with Crippen LogP contribution in [0.15, 0.2) is 36.7 Å². The van der Waals surface area contributed by atoms with Crippen LogP contribution >= 0.6 is 11.9 Å². The lowest BCUT2D eigenvalue weighted by Gasteiger charge is -1.97. The third-order valence-corrected chi connectivity index (χ3v) is 2.67. The second-order valence-electron chi connectivity index (χ2n) is 3.18. The van der Waals surface area contributed by atoms with Crippen molar-refractivity contribution in [1.29, 1.82) is 0 Å². The van der Waals surface area contributed by atoms with Crippen LogP contribution in [0.2, 0.25) is 0 Å². The summed E-state index contributed by atoms with van der Waals surface area (Å²) in [6, 6.07) is 8.44. The number of benzene rings is 1. The SMILES string of the molecule is CC.CSn1cc(-c2cccc(C)c2)cn1. The molecule has 1 heterocycles. The van der Waals surface area contributed by atoms with Gasteiger partial charge in [0.05, 0.1) is 6.20 Å². The van der Waals surface area contributed by atoms with Gasteiger partial charge in [0.1, 0.15) is 0 Å². The summed E-state index contributed by atoms with van der Waals surface area (Å²) in [5.74, 6) is 0. The molecule has 16 heavy (non-hydrogen) atoms. The smallest absolute Gasteiger partial charge is 0.0578 e. The summed E-state index contributed by atoms with van der Waals surface area (Å²) >= 11 is 1.59. The molecule has 0 saturated carbocycles. The fourth-order valence-corrected chi connectivity index (χ4v) is 1.74. The molecule has 0 saturated heterocycles. The van der Waals surface area contributed by atoms with Crippen molar-refractivity contribution in [2.24, 2.45) is 0 Å². The van der Waals surface area contributed by atoms with Crippen LogP contribution in [-0.4, -0.2) is 15.4 Å². The largest absolute Gasteiger partial charge is 0.214 e. The standard InChI is InChI=1S/C11H12N2S.C2H6/c1-9-4-3-5-10(6-9)11-7-12-13(8-11)14-2;1-2/h3-8H,1-2H3;1-2H3. The van der Waals surface area contributed by atoms with Crippen LogP contribution in [-0.2, 0) is 0 Å². The minimum atomic E-state index is 1.17. The molecule has 0 spiro atoms. The zero-order chi connectivity index (χ0) is 12.0. The predicted octanol–water partition coefficient (Wildman–Crippen LogP) is 4.01. The number of hydrogen-bond acceptors (Lipinski definition) is 2. The van der Waals surface area contributed by atoms with E-state index in [9.17, 15) is 0 Å². The Labute approximate surface area is 102 Å². The third kappa shape index (κ3) is 3.14. The zero-order valence-electron chi connectivity index (χ0n) is 10.3. The molecule has 0 aliphatic rings. The van der Waals surface area contributed by atoms with E-state index in [1.54, 1.807) is 11.9 Å². The van der Waals surface area contributed by atoms with Gasteiger partial charge in [0.15, 0.2) is 0 Å². The maximum absolute atomic E-state index is 4.22. The van der Waals surface area contributed by atoms with Gasteiger partial charge in [0.2, 0.25) is 0 Å². The van der Waals surface area contributed by atoms with Gasteiger partial charge in [0, 0.05) is 18.0 Å². The number of aromatic nitrogens is 2. The molecule has 2 aromatic rings. The van der Waals surface area contributed by atoms with E-state index in [-0.39, 0.29) is 0 Å². The fraction of sp³-hybridized carbons (Fsp3) is 0.308. The van der Waals surface area contributed by atoms with Gasteiger partial charge >= 0.3 is 0 Å². The highest BCUT2D eigenvalue weighted by atomic mass is 32.2. The van der Waals surface area contributed by atoms with Gasteiger partial charge in [-0.25, -0.2) is 4.09 Å². The number of rotatable bonds is 2. The molecule has 0 bridgehead atoms. The van der Waals surface area contributed by atoms with E-state index in [1.807, 2.05) is 36.6 Å². The van der Waals surface area contributed by atoms with Crippen molar-refractivity contribution in [1.82, 2.24) is 9.19 Å². The maximum atomic E-state index is 4.22. The lowest BCUT2D eigenvalue weighted by atomic mass is 10.1. The van der Waals surface area contributed by atoms with Gasteiger partial charge in [0.25, 0.3) is 0 Å². The Kier molecular flexibility index (Phi) is 5.12. The molecular formula is C13H18N2S. The van der Waals surface area contributed by atoms with E-state index < -0.39 is 0 Å². The normalized spacial score (nSPS) is 9.50. The van der Waals surface area contributed by atoms with Crippen LogP contribution in [0.5, 0.6) is 0 Å². The van der Waals surface area contributed by atoms with Crippen molar-refractivity contribution in [3.8, 4) is 11.1 Å². The van der Waals surface area contributed by atoms with Gasteiger partial charge < -0.3 is 0 Å². The third-order valence-electron chi connectivity index (χ3n) is 2.10. The Morgan fingerprint density at radius 2 is 1.94 bits per heavy atom. The Balaban J connectivity index is 0.000000606. The quantitative estimate of drug-likeness (QED) is 0.781. The molecule has 3 heteroatoms. The Hall–Kier alpha value is -1.22. The lowest BCUT2D eigenvalue weighted by Crippen LogP contribution is -1.81. The number of nitrogens with zero attached hydrogens (tertiary/aromatic N) is 2. The van der Waals surface area contributed by atoms with Crippen LogP contribution in [0, 0.1) is 6.92 Å². The Morgan fingerprint density at radius 3 is 2.50 bits per heavy atom. The summed E-state index contributed by atoms with van der Waals surface area (Å²) in [6.45, 7) is 6.10. The second kappa shape index (κ2) is 6.38. The van der Waals surface area contributed by atoms with Crippen molar-refractivity contribution in [2.45, 2.75) is 20.8 Å². The Morgan fingerprint density at radius 1 is 1.19 bits per heavy atom. The van der Waals surface area contributed by atoms with Crippen LogP contribution < -0.4 is 0 Å². The maximum Gasteiger partial charge on any atom is 0.0578 e. The van der Waals surface area contributed by atoms with E-state index in [2.05, 4.69) is 36.3 Å². The van der Waals surface area contributed by atoms with Crippen molar-refractivity contribution >= 4 is 11.9 Å². The second-order valence-corrected chi connectivity index (χ2v) is 3.92. The fourth-order valence-electron chi connectivity index (χ4n) is 1.38. The molecule has 1 aromatic heterocycles. The Bertz CT molecular complexity index is 435. The zero-order valence-corrected chi connectivity index (χ0v) is 11.1.